The molecule has 0 aromatic rings. The van der Waals surface area contributed by atoms with Gasteiger partial charge in [-0.05, 0) is 49.0 Å². The van der Waals surface area contributed by atoms with Crippen LogP contribution in [0.15, 0.2) is 0 Å². The van der Waals surface area contributed by atoms with Gasteiger partial charge in [0.2, 0.25) is 0 Å². The molecule has 1 fully saturated rings. The van der Waals surface area contributed by atoms with E-state index in [1.807, 2.05) is 0 Å². The Hall–Kier alpha value is -0.0800. The van der Waals surface area contributed by atoms with Crippen molar-refractivity contribution in [1.82, 2.24) is 0 Å². The van der Waals surface area contributed by atoms with Gasteiger partial charge >= 0.3 is 0 Å². The molecule has 1 aliphatic carbocycles. The molecule has 0 radical (unpaired) electrons. The molecule has 2 nitrogen and oxygen atoms in total. The van der Waals surface area contributed by atoms with Crippen LogP contribution >= 0.6 is 0 Å². The van der Waals surface area contributed by atoms with E-state index >= 15 is 0 Å². The molecule has 1 aliphatic rings. The molecule has 0 spiro atoms. The van der Waals surface area contributed by atoms with Gasteiger partial charge in [0.25, 0.3) is 0 Å². The second kappa shape index (κ2) is 4.89. The van der Waals surface area contributed by atoms with Crippen LogP contribution in [0.2, 0.25) is 0 Å². The number of hydrogen-bond donors (Lipinski definition) is 2. The van der Waals surface area contributed by atoms with Crippen molar-refractivity contribution in [3.05, 3.63) is 0 Å². The van der Waals surface area contributed by atoms with Crippen molar-refractivity contribution >= 4 is 0 Å². The smallest absolute Gasteiger partial charge is 0.0698 e. The fourth-order valence-electron chi connectivity index (χ4n) is 4.38. The first-order valence-electron chi connectivity index (χ1n) is 7.07. The van der Waals surface area contributed by atoms with Crippen LogP contribution in [-0.4, -0.2) is 17.3 Å². The summed E-state index contributed by atoms with van der Waals surface area (Å²) >= 11 is 0. The van der Waals surface area contributed by atoms with E-state index in [1.54, 1.807) is 0 Å². The zero-order chi connectivity index (χ0) is 13.3. The van der Waals surface area contributed by atoms with Crippen molar-refractivity contribution in [1.29, 1.82) is 0 Å². The molecule has 102 valence electrons. The molecule has 0 bridgehead atoms. The van der Waals surface area contributed by atoms with Crippen molar-refractivity contribution in [3.63, 3.8) is 0 Å². The predicted molar refractivity (Wildman–Crippen MR) is 73.8 cm³/mol. The van der Waals surface area contributed by atoms with Crippen molar-refractivity contribution in [3.8, 4) is 0 Å². The number of hydrogen-bond acceptors (Lipinski definition) is 2. The molecule has 17 heavy (non-hydrogen) atoms. The highest BCUT2D eigenvalue weighted by Crippen LogP contribution is 2.52. The van der Waals surface area contributed by atoms with Gasteiger partial charge in [-0.2, -0.15) is 0 Å². The average molecular weight is 241 g/mol. The molecule has 1 rings (SSSR count). The molecule has 1 saturated carbocycles. The molecule has 0 aromatic carbocycles. The molecule has 0 saturated heterocycles. The van der Waals surface area contributed by atoms with E-state index in [9.17, 15) is 5.11 Å². The Balaban J connectivity index is 2.93. The zero-order valence-electron chi connectivity index (χ0n) is 12.3. The molecule has 0 heterocycles. The standard InChI is InChI=1S/C15H31NO/c1-6-7-12(8-16)15(17)10-13(2,3)9-14(4,5)11-15/h12,17H,6-11,16H2,1-5H3. The molecule has 3 N–H and O–H groups in total. The Morgan fingerprint density at radius 1 is 1.06 bits per heavy atom. The van der Waals surface area contributed by atoms with E-state index in [-0.39, 0.29) is 16.7 Å². The quantitative estimate of drug-likeness (QED) is 0.793. The summed E-state index contributed by atoms with van der Waals surface area (Å²) in [5, 5.41) is 11.1. The summed E-state index contributed by atoms with van der Waals surface area (Å²) in [7, 11) is 0. The fraction of sp³-hybridized carbons (Fsp3) is 1.00. The highest BCUT2D eigenvalue weighted by Gasteiger charge is 2.49. The topological polar surface area (TPSA) is 46.2 Å². The molecule has 1 atom stereocenters. The lowest BCUT2D eigenvalue weighted by Crippen LogP contribution is -2.52. The maximum Gasteiger partial charge on any atom is 0.0698 e. The normalized spacial score (nSPS) is 27.7. The van der Waals surface area contributed by atoms with Gasteiger partial charge in [0.15, 0.2) is 0 Å². The molecular formula is C15H31NO. The maximum absolute atomic E-state index is 11.1. The van der Waals surface area contributed by atoms with Crippen LogP contribution in [0.5, 0.6) is 0 Å². The Morgan fingerprint density at radius 2 is 1.53 bits per heavy atom. The van der Waals surface area contributed by atoms with Gasteiger partial charge in [0.1, 0.15) is 0 Å². The Morgan fingerprint density at radius 3 is 1.88 bits per heavy atom. The first-order chi connectivity index (χ1) is 7.64. The van der Waals surface area contributed by atoms with Crippen molar-refractivity contribution < 1.29 is 5.11 Å². The van der Waals surface area contributed by atoms with Gasteiger partial charge in [-0.1, -0.05) is 41.0 Å². The van der Waals surface area contributed by atoms with Crippen LogP contribution in [0, 0.1) is 16.7 Å². The number of nitrogens with two attached hydrogens (primary N) is 1. The first kappa shape index (κ1) is 15.0. The highest BCUT2D eigenvalue weighted by molar-refractivity contribution is 5.01. The second-order valence-corrected chi connectivity index (χ2v) is 7.68. The van der Waals surface area contributed by atoms with Crippen molar-refractivity contribution in [2.45, 2.75) is 72.3 Å². The molecule has 1 unspecified atom stereocenters. The van der Waals surface area contributed by atoms with E-state index in [0.29, 0.717) is 6.54 Å². The Kier molecular flexibility index (Phi) is 4.31. The molecular weight excluding hydrogens is 210 g/mol. The summed E-state index contributed by atoms with van der Waals surface area (Å²) in [5.74, 6) is 0.256. The van der Waals surface area contributed by atoms with Crippen LogP contribution < -0.4 is 5.73 Å². The van der Waals surface area contributed by atoms with E-state index in [1.165, 1.54) is 6.42 Å². The van der Waals surface area contributed by atoms with Gasteiger partial charge in [-0.3, -0.25) is 0 Å². The van der Waals surface area contributed by atoms with Gasteiger partial charge in [0.05, 0.1) is 5.60 Å². The second-order valence-electron chi connectivity index (χ2n) is 7.68. The molecule has 0 aliphatic heterocycles. The van der Waals surface area contributed by atoms with Crippen molar-refractivity contribution in [2.24, 2.45) is 22.5 Å². The largest absolute Gasteiger partial charge is 0.390 e. The summed E-state index contributed by atoms with van der Waals surface area (Å²) < 4.78 is 0. The third-order valence-corrected chi connectivity index (χ3v) is 4.21. The SMILES string of the molecule is CCCC(CN)C1(O)CC(C)(C)CC(C)(C)C1. The monoisotopic (exact) mass is 241 g/mol. The van der Waals surface area contributed by atoms with E-state index < -0.39 is 5.60 Å². The van der Waals surface area contributed by atoms with Gasteiger partial charge in [-0.25, -0.2) is 0 Å². The minimum atomic E-state index is -0.560. The van der Waals surface area contributed by atoms with Crippen molar-refractivity contribution in [2.75, 3.05) is 6.54 Å². The summed E-state index contributed by atoms with van der Waals surface area (Å²) in [4.78, 5) is 0. The van der Waals surface area contributed by atoms with Crippen LogP contribution in [0.1, 0.15) is 66.7 Å². The van der Waals surface area contributed by atoms with E-state index in [4.69, 9.17) is 5.73 Å². The maximum atomic E-state index is 11.1. The lowest BCUT2D eigenvalue weighted by molar-refractivity contribution is -0.121. The number of aliphatic hydroxyl groups is 1. The van der Waals surface area contributed by atoms with Crippen LogP contribution in [0.4, 0.5) is 0 Å². The van der Waals surface area contributed by atoms with E-state index in [2.05, 4.69) is 34.6 Å². The minimum Gasteiger partial charge on any atom is -0.390 e. The fourth-order valence-corrected chi connectivity index (χ4v) is 4.38. The summed E-state index contributed by atoms with van der Waals surface area (Å²) in [5.41, 5.74) is 5.77. The average Bonchev–Trinajstić information content (AvgIpc) is 2.07. The summed E-state index contributed by atoms with van der Waals surface area (Å²) in [6.07, 6.45) is 5.12. The zero-order valence-corrected chi connectivity index (χ0v) is 12.3. The van der Waals surface area contributed by atoms with Gasteiger partial charge in [0, 0.05) is 0 Å². The lowest BCUT2D eigenvalue weighted by Gasteiger charge is -2.52. The van der Waals surface area contributed by atoms with Crippen LogP contribution in [0.3, 0.4) is 0 Å². The number of rotatable bonds is 4. The van der Waals surface area contributed by atoms with Gasteiger partial charge in [-0.15, -0.1) is 0 Å². The van der Waals surface area contributed by atoms with Crippen LogP contribution in [0.25, 0.3) is 0 Å². The molecule has 0 aromatic heterocycles. The third-order valence-electron chi connectivity index (χ3n) is 4.21. The highest BCUT2D eigenvalue weighted by atomic mass is 16.3. The van der Waals surface area contributed by atoms with Crippen LogP contribution in [-0.2, 0) is 0 Å². The molecule has 2 heteroatoms. The molecule has 0 amide bonds. The van der Waals surface area contributed by atoms with Gasteiger partial charge < -0.3 is 10.8 Å². The third kappa shape index (κ3) is 3.69. The lowest BCUT2D eigenvalue weighted by atomic mass is 9.56. The minimum absolute atomic E-state index is 0.220. The van der Waals surface area contributed by atoms with E-state index in [0.717, 1.165) is 25.7 Å². The summed E-state index contributed by atoms with van der Waals surface area (Å²) in [6.45, 7) is 11.9. The Bertz CT molecular complexity index is 242. The Labute approximate surface area is 107 Å². The summed E-state index contributed by atoms with van der Waals surface area (Å²) in [6, 6.07) is 0. The first-order valence-corrected chi connectivity index (χ1v) is 7.07. The predicted octanol–water partition coefficient (Wildman–Crippen LogP) is 3.33.